The van der Waals surface area contributed by atoms with E-state index in [0.29, 0.717) is 22.3 Å². The highest BCUT2D eigenvalue weighted by atomic mass is 35.5. The summed E-state index contributed by atoms with van der Waals surface area (Å²) >= 11 is 13.6. The average Bonchev–Trinajstić information content (AvgIpc) is 2.78. The van der Waals surface area contributed by atoms with Gasteiger partial charge in [-0.25, -0.2) is 9.97 Å². The van der Waals surface area contributed by atoms with Crippen LogP contribution in [-0.2, 0) is 11.2 Å². The topological polar surface area (TPSA) is 84.0 Å². The molecule has 9 heteroatoms. The summed E-state index contributed by atoms with van der Waals surface area (Å²) in [6, 6.07) is 15.4. The molecule has 2 N–H and O–H groups in total. The molecule has 2 amide bonds. The van der Waals surface area contributed by atoms with E-state index in [1.165, 1.54) is 18.0 Å². The number of nitrogens with zero attached hydrogens (tertiary/aromatic N) is 2. The number of hydrogen-bond donors (Lipinski definition) is 2. The van der Waals surface area contributed by atoms with Crippen molar-refractivity contribution >= 4 is 52.5 Å². The molecule has 1 aromatic heterocycles. The summed E-state index contributed by atoms with van der Waals surface area (Å²) in [5.41, 5.74) is 1.47. The summed E-state index contributed by atoms with van der Waals surface area (Å²) in [6.45, 7) is 2.04. The first-order chi connectivity index (χ1) is 15.5. The van der Waals surface area contributed by atoms with E-state index >= 15 is 0 Å². The van der Waals surface area contributed by atoms with Crippen LogP contribution in [0.1, 0.15) is 29.4 Å². The monoisotopic (exact) mass is 488 g/mol. The lowest BCUT2D eigenvalue weighted by molar-refractivity contribution is -0.118. The summed E-state index contributed by atoms with van der Waals surface area (Å²) in [4.78, 5) is 34.5. The summed E-state index contributed by atoms with van der Waals surface area (Å²) < 4.78 is 0. The fraction of sp³-hybridized carbons (Fsp3) is 0.217. The largest absolute Gasteiger partial charge is 0.338 e. The number of rotatable bonds is 9. The van der Waals surface area contributed by atoms with E-state index in [1.807, 2.05) is 37.3 Å². The zero-order valence-electron chi connectivity index (χ0n) is 17.3. The first-order valence-corrected chi connectivity index (χ1v) is 11.8. The molecule has 0 bridgehead atoms. The van der Waals surface area contributed by atoms with Crippen molar-refractivity contribution in [3.05, 3.63) is 82.1 Å². The third-order valence-corrected chi connectivity index (χ3v) is 5.95. The van der Waals surface area contributed by atoms with E-state index in [-0.39, 0.29) is 16.6 Å². The van der Waals surface area contributed by atoms with Crippen LogP contribution in [0, 0.1) is 0 Å². The quantitative estimate of drug-likeness (QED) is 0.316. The van der Waals surface area contributed by atoms with Crippen molar-refractivity contribution in [3.63, 3.8) is 0 Å². The van der Waals surface area contributed by atoms with Gasteiger partial charge in [0.15, 0.2) is 10.9 Å². The molecule has 1 unspecified atom stereocenters. The van der Waals surface area contributed by atoms with Crippen molar-refractivity contribution in [2.45, 2.75) is 31.0 Å². The van der Waals surface area contributed by atoms with E-state index < -0.39 is 11.9 Å². The minimum absolute atomic E-state index is 0.0360. The number of benzene rings is 2. The van der Waals surface area contributed by atoms with E-state index in [0.717, 1.165) is 17.7 Å². The minimum Gasteiger partial charge on any atom is -0.338 e. The highest BCUT2D eigenvalue weighted by Crippen LogP contribution is 2.20. The predicted octanol–water partition coefficient (Wildman–Crippen LogP) is 5.27. The number of aromatic nitrogens is 2. The molecule has 0 aliphatic rings. The number of amides is 2. The second kappa shape index (κ2) is 11.9. The molecule has 0 aliphatic carbocycles. The smallest absolute Gasteiger partial charge is 0.272 e. The van der Waals surface area contributed by atoms with Gasteiger partial charge in [-0.05, 0) is 30.2 Å². The Hall–Kier alpha value is -2.61. The van der Waals surface area contributed by atoms with Crippen LogP contribution in [0.2, 0.25) is 10.0 Å². The highest BCUT2D eigenvalue weighted by molar-refractivity contribution is 7.99. The Morgan fingerprint density at radius 2 is 1.88 bits per heavy atom. The second-order valence-electron chi connectivity index (χ2n) is 6.91. The lowest BCUT2D eigenvalue weighted by Gasteiger charge is -2.19. The van der Waals surface area contributed by atoms with Crippen LogP contribution >= 0.6 is 35.0 Å². The zero-order valence-corrected chi connectivity index (χ0v) is 19.7. The summed E-state index contributed by atoms with van der Waals surface area (Å²) in [5, 5.41) is 6.66. The van der Waals surface area contributed by atoms with Gasteiger partial charge in [-0.2, -0.15) is 0 Å². The molecule has 0 spiro atoms. The standard InChI is InChI=1S/C23H22Cl2N4O2S/c1-2-11-32-23-26-14-18(25)20(29-23)22(31)28-19(12-15-7-4-3-5-8-15)21(30)27-17-10-6-9-16(24)13-17/h3-10,13-14,19H,2,11-12H2,1H3,(H,27,30)(H,28,31). The SMILES string of the molecule is CCCSc1ncc(Cl)c(C(=O)NC(Cc2ccccc2)C(=O)Nc2cccc(Cl)c2)n1. The zero-order chi connectivity index (χ0) is 22.9. The van der Waals surface area contributed by atoms with Gasteiger partial charge in [0.2, 0.25) is 5.91 Å². The third-order valence-electron chi connectivity index (χ3n) is 4.37. The predicted molar refractivity (Wildman–Crippen MR) is 130 cm³/mol. The molecule has 1 heterocycles. The van der Waals surface area contributed by atoms with Gasteiger partial charge in [-0.3, -0.25) is 9.59 Å². The van der Waals surface area contributed by atoms with Crippen LogP contribution in [-0.4, -0.2) is 33.6 Å². The van der Waals surface area contributed by atoms with Gasteiger partial charge in [-0.1, -0.05) is 78.3 Å². The van der Waals surface area contributed by atoms with Crippen LogP contribution < -0.4 is 10.6 Å². The number of halogens is 2. The number of thioether (sulfide) groups is 1. The van der Waals surface area contributed by atoms with Crippen LogP contribution in [0.4, 0.5) is 5.69 Å². The lowest BCUT2D eigenvalue weighted by Crippen LogP contribution is -2.45. The fourth-order valence-corrected chi connectivity index (χ4v) is 3.89. The van der Waals surface area contributed by atoms with Crippen LogP contribution in [0.5, 0.6) is 0 Å². The van der Waals surface area contributed by atoms with Gasteiger partial charge in [0.1, 0.15) is 6.04 Å². The number of carbonyl (C=O) groups excluding carboxylic acids is 2. The van der Waals surface area contributed by atoms with Crippen molar-refractivity contribution in [3.8, 4) is 0 Å². The normalized spacial score (nSPS) is 11.6. The van der Waals surface area contributed by atoms with Crippen LogP contribution in [0.25, 0.3) is 0 Å². The Morgan fingerprint density at radius 1 is 1.09 bits per heavy atom. The average molecular weight is 489 g/mol. The van der Waals surface area contributed by atoms with Crippen LogP contribution in [0.15, 0.2) is 66.0 Å². The molecular weight excluding hydrogens is 467 g/mol. The van der Waals surface area contributed by atoms with Gasteiger partial charge in [-0.15, -0.1) is 0 Å². The summed E-state index contributed by atoms with van der Waals surface area (Å²) in [7, 11) is 0. The molecular formula is C23H22Cl2N4O2S. The molecule has 2 aromatic carbocycles. The fourth-order valence-electron chi connectivity index (χ4n) is 2.85. The minimum atomic E-state index is -0.860. The molecule has 166 valence electrons. The van der Waals surface area contributed by atoms with E-state index in [1.54, 1.807) is 24.3 Å². The number of hydrogen-bond acceptors (Lipinski definition) is 5. The molecule has 0 aliphatic heterocycles. The van der Waals surface area contributed by atoms with Gasteiger partial charge in [0.25, 0.3) is 5.91 Å². The summed E-state index contributed by atoms with van der Waals surface area (Å²) in [6.07, 6.45) is 2.64. The third kappa shape index (κ3) is 6.95. The number of carbonyl (C=O) groups is 2. The maximum absolute atomic E-state index is 13.0. The van der Waals surface area contributed by atoms with Gasteiger partial charge in [0.05, 0.1) is 11.2 Å². The highest BCUT2D eigenvalue weighted by Gasteiger charge is 2.24. The maximum Gasteiger partial charge on any atom is 0.272 e. The number of nitrogens with one attached hydrogen (secondary N) is 2. The molecule has 0 radical (unpaired) electrons. The van der Waals surface area contributed by atoms with E-state index in [9.17, 15) is 9.59 Å². The molecule has 32 heavy (non-hydrogen) atoms. The Labute approximate surface area is 201 Å². The maximum atomic E-state index is 13.0. The summed E-state index contributed by atoms with van der Waals surface area (Å²) in [5.74, 6) is -0.102. The van der Waals surface area contributed by atoms with Gasteiger partial charge >= 0.3 is 0 Å². The van der Waals surface area contributed by atoms with Crippen molar-refractivity contribution in [2.75, 3.05) is 11.1 Å². The first-order valence-electron chi connectivity index (χ1n) is 10.0. The molecule has 3 aromatic rings. The lowest BCUT2D eigenvalue weighted by atomic mass is 10.0. The van der Waals surface area contributed by atoms with E-state index in [2.05, 4.69) is 20.6 Å². The van der Waals surface area contributed by atoms with Crippen molar-refractivity contribution in [1.29, 1.82) is 0 Å². The molecule has 0 saturated carbocycles. The first kappa shape index (κ1) is 24.0. The van der Waals surface area contributed by atoms with Crippen molar-refractivity contribution in [2.24, 2.45) is 0 Å². The molecule has 0 fully saturated rings. The Balaban J connectivity index is 1.81. The Kier molecular flexibility index (Phi) is 8.90. The van der Waals surface area contributed by atoms with E-state index in [4.69, 9.17) is 23.2 Å². The Bertz CT molecular complexity index is 1080. The van der Waals surface area contributed by atoms with Gasteiger partial charge < -0.3 is 10.6 Å². The van der Waals surface area contributed by atoms with Crippen molar-refractivity contribution < 1.29 is 9.59 Å². The van der Waals surface area contributed by atoms with Crippen LogP contribution in [0.3, 0.4) is 0 Å². The van der Waals surface area contributed by atoms with Gasteiger partial charge in [0, 0.05) is 22.9 Å². The number of anilines is 1. The van der Waals surface area contributed by atoms with Crippen molar-refractivity contribution in [1.82, 2.24) is 15.3 Å². The Morgan fingerprint density at radius 3 is 2.59 bits per heavy atom. The molecule has 6 nitrogen and oxygen atoms in total. The molecule has 1 atom stereocenters. The molecule has 0 saturated heterocycles. The molecule has 3 rings (SSSR count). The second-order valence-corrected chi connectivity index (χ2v) is 8.82.